The lowest BCUT2D eigenvalue weighted by atomic mass is 10.1. The van der Waals surface area contributed by atoms with Gasteiger partial charge in [0.15, 0.2) is 17.5 Å². The fourth-order valence-corrected chi connectivity index (χ4v) is 1.19. The molecule has 6 heteroatoms. The summed E-state index contributed by atoms with van der Waals surface area (Å²) >= 11 is 0. The fourth-order valence-electron chi connectivity index (χ4n) is 1.19. The maximum absolute atomic E-state index is 12.8. The number of H-pyrrole nitrogens is 1. The van der Waals surface area contributed by atoms with Gasteiger partial charge in [-0.15, -0.1) is 0 Å². The van der Waals surface area contributed by atoms with Crippen molar-refractivity contribution in [2.75, 3.05) is 0 Å². The number of aliphatic hydroxyl groups is 1. The van der Waals surface area contributed by atoms with Crippen LogP contribution in [0.4, 0.5) is 8.78 Å². The number of halogens is 2. The molecule has 15 heavy (non-hydrogen) atoms. The molecule has 0 fully saturated rings. The summed E-state index contributed by atoms with van der Waals surface area (Å²) < 4.78 is 25.5. The fraction of sp³-hybridized carbons (Fsp3) is 0.111. The van der Waals surface area contributed by atoms with Gasteiger partial charge in [0.2, 0.25) is 0 Å². The van der Waals surface area contributed by atoms with Crippen molar-refractivity contribution in [2.24, 2.45) is 0 Å². The average Bonchev–Trinajstić information content (AvgIpc) is 2.74. The second kappa shape index (κ2) is 3.74. The summed E-state index contributed by atoms with van der Waals surface area (Å²) in [6.07, 6.45) is 0.0842. The van der Waals surface area contributed by atoms with Crippen LogP contribution in [0.1, 0.15) is 17.5 Å². The number of nitrogens with one attached hydrogen (secondary N) is 1. The molecule has 2 N–H and O–H groups in total. The van der Waals surface area contributed by atoms with E-state index < -0.39 is 17.7 Å². The molecule has 1 heterocycles. The summed E-state index contributed by atoms with van der Waals surface area (Å²) in [6, 6.07) is 3.15. The first-order valence-corrected chi connectivity index (χ1v) is 4.17. The zero-order valence-corrected chi connectivity index (χ0v) is 7.48. The van der Waals surface area contributed by atoms with Crippen LogP contribution in [0, 0.1) is 11.6 Å². The number of nitrogens with zero attached hydrogens (tertiary/aromatic N) is 2. The molecule has 1 unspecified atom stereocenters. The third-order valence-corrected chi connectivity index (χ3v) is 1.95. The van der Waals surface area contributed by atoms with E-state index >= 15 is 0 Å². The Bertz CT molecular complexity index is 458. The standard InChI is InChI=1S/C9H7F2N3O/c10-6-2-1-5(3-7(6)11)8(15)9-12-4-13-14-9/h1-4,8,15H,(H,12,13,14). The summed E-state index contributed by atoms with van der Waals surface area (Å²) in [6.45, 7) is 0. The predicted octanol–water partition coefficient (Wildman–Crippen LogP) is 1.16. The second-order valence-corrected chi connectivity index (χ2v) is 2.95. The number of hydrogen-bond acceptors (Lipinski definition) is 3. The molecule has 2 aromatic rings. The maximum Gasteiger partial charge on any atom is 0.159 e. The van der Waals surface area contributed by atoms with Crippen LogP contribution >= 0.6 is 0 Å². The first-order chi connectivity index (χ1) is 7.18. The quantitative estimate of drug-likeness (QED) is 0.783. The van der Waals surface area contributed by atoms with Crippen LogP contribution in [-0.4, -0.2) is 20.3 Å². The Labute approximate surface area is 83.6 Å². The number of aromatic nitrogens is 3. The van der Waals surface area contributed by atoms with Crippen LogP contribution in [0.3, 0.4) is 0 Å². The van der Waals surface area contributed by atoms with E-state index in [0.29, 0.717) is 0 Å². The third kappa shape index (κ3) is 1.84. The molecular weight excluding hydrogens is 204 g/mol. The van der Waals surface area contributed by atoms with Crippen LogP contribution < -0.4 is 0 Å². The van der Waals surface area contributed by atoms with Gasteiger partial charge in [-0.2, -0.15) is 5.10 Å². The first-order valence-electron chi connectivity index (χ1n) is 4.17. The molecule has 0 amide bonds. The van der Waals surface area contributed by atoms with E-state index in [1.165, 1.54) is 12.4 Å². The van der Waals surface area contributed by atoms with Crippen LogP contribution in [-0.2, 0) is 0 Å². The molecule has 0 saturated carbocycles. The molecule has 0 spiro atoms. The van der Waals surface area contributed by atoms with Crippen LogP contribution in [0.25, 0.3) is 0 Å². The molecule has 1 aromatic carbocycles. The van der Waals surface area contributed by atoms with Gasteiger partial charge in [-0.25, -0.2) is 13.8 Å². The van der Waals surface area contributed by atoms with E-state index in [1.54, 1.807) is 0 Å². The minimum Gasteiger partial charge on any atom is -0.380 e. The smallest absolute Gasteiger partial charge is 0.159 e. The van der Waals surface area contributed by atoms with E-state index in [2.05, 4.69) is 15.2 Å². The highest BCUT2D eigenvalue weighted by Crippen LogP contribution is 2.19. The first kappa shape index (κ1) is 9.72. The lowest BCUT2D eigenvalue weighted by Gasteiger charge is -2.07. The average molecular weight is 211 g/mol. The Hall–Kier alpha value is -1.82. The van der Waals surface area contributed by atoms with Gasteiger partial charge in [-0.05, 0) is 17.7 Å². The van der Waals surface area contributed by atoms with Gasteiger partial charge in [0.05, 0.1) is 0 Å². The largest absolute Gasteiger partial charge is 0.380 e. The number of aliphatic hydroxyl groups excluding tert-OH is 1. The molecule has 0 aliphatic carbocycles. The molecule has 78 valence electrons. The monoisotopic (exact) mass is 211 g/mol. The number of hydrogen-bond donors (Lipinski definition) is 2. The molecule has 1 aromatic heterocycles. The topological polar surface area (TPSA) is 61.8 Å². The van der Waals surface area contributed by atoms with Crippen molar-refractivity contribution in [3.63, 3.8) is 0 Å². The normalized spacial score (nSPS) is 12.7. The predicted molar refractivity (Wildman–Crippen MR) is 46.8 cm³/mol. The lowest BCUT2D eigenvalue weighted by Crippen LogP contribution is -2.03. The highest BCUT2D eigenvalue weighted by molar-refractivity contribution is 5.23. The van der Waals surface area contributed by atoms with Crippen LogP contribution in [0.2, 0.25) is 0 Å². The molecule has 0 aliphatic heterocycles. The minimum atomic E-state index is -1.14. The Morgan fingerprint density at radius 2 is 2.07 bits per heavy atom. The van der Waals surface area contributed by atoms with E-state index in [1.807, 2.05) is 0 Å². The molecule has 0 saturated heterocycles. The zero-order chi connectivity index (χ0) is 10.8. The minimum absolute atomic E-state index is 0.181. The Morgan fingerprint density at radius 3 is 2.67 bits per heavy atom. The Morgan fingerprint density at radius 1 is 1.27 bits per heavy atom. The molecule has 2 rings (SSSR count). The SMILES string of the molecule is OC(c1ccc(F)c(F)c1)c1ncn[nH]1. The van der Waals surface area contributed by atoms with Crippen molar-refractivity contribution < 1.29 is 13.9 Å². The summed E-state index contributed by atoms with van der Waals surface area (Å²) in [5.74, 6) is -1.78. The summed E-state index contributed by atoms with van der Waals surface area (Å²) in [4.78, 5) is 3.71. The van der Waals surface area contributed by atoms with Crippen molar-refractivity contribution in [3.05, 3.63) is 47.5 Å². The highest BCUT2D eigenvalue weighted by Gasteiger charge is 2.15. The van der Waals surface area contributed by atoms with E-state index in [4.69, 9.17) is 0 Å². The molecule has 4 nitrogen and oxygen atoms in total. The van der Waals surface area contributed by atoms with Gasteiger partial charge < -0.3 is 5.11 Å². The molecule has 0 aliphatic rings. The number of rotatable bonds is 2. The summed E-state index contributed by atoms with van der Waals surface area (Å²) in [7, 11) is 0. The molecule has 0 bridgehead atoms. The number of aromatic amines is 1. The van der Waals surface area contributed by atoms with E-state index in [0.717, 1.165) is 12.1 Å². The third-order valence-electron chi connectivity index (χ3n) is 1.95. The van der Waals surface area contributed by atoms with Gasteiger partial charge >= 0.3 is 0 Å². The van der Waals surface area contributed by atoms with Gasteiger partial charge in [0, 0.05) is 0 Å². The van der Waals surface area contributed by atoms with Gasteiger partial charge in [0.25, 0.3) is 0 Å². The zero-order valence-electron chi connectivity index (χ0n) is 7.48. The van der Waals surface area contributed by atoms with Gasteiger partial charge in [-0.3, -0.25) is 5.10 Å². The lowest BCUT2D eigenvalue weighted by molar-refractivity contribution is 0.209. The molecule has 0 radical (unpaired) electrons. The number of benzene rings is 1. The van der Waals surface area contributed by atoms with Crippen molar-refractivity contribution >= 4 is 0 Å². The van der Waals surface area contributed by atoms with Crippen molar-refractivity contribution in [1.29, 1.82) is 0 Å². The summed E-state index contributed by atoms with van der Waals surface area (Å²) in [5.41, 5.74) is 0.214. The van der Waals surface area contributed by atoms with E-state index in [9.17, 15) is 13.9 Å². The maximum atomic E-state index is 12.8. The van der Waals surface area contributed by atoms with Crippen molar-refractivity contribution in [3.8, 4) is 0 Å². The van der Waals surface area contributed by atoms with Gasteiger partial charge in [-0.1, -0.05) is 6.07 Å². The van der Waals surface area contributed by atoms with Crippen molar-refractivity contribution in [2.45, 2.75) is 6.10 Å². The van der Waals surface area contributed by atoms with Crippen LogP contribution in [0.15, 0.2) is 24.5 Å². The van der Waals surface area contributed by atoms with Crippen molar-refractivity contribution in [1.82, 2.24) is 15.2 Å². The molecular formula is C9H7F2N3O. The van der Waals surface area contributed by atoms with Gasteiger partial charge in [0.1, 0.15) is 12.4 Å². The van der Waals surface area contributed by atoms with Crippen LogP contribution in [0.5, 0.6) is 0 Å². The second-order valence-electron chi connectivity index (χ2n) is 2.95. The Balaban J connectivity index is 2.34. The van der Waals surface area contributed by atoms with E-state index in [-0.39, 0.29) is 11.4 Å². The molecule has 1 atom stereocenters. The summed E-state index contributed by atoms with van der Waals surface area (Å²) in [5, 5.41) is 15.7. The highest BCUT2D eigenvalue weighted by atomic mass is 19.2. The Kier molecular flexibility index (Phi) is 2.42.